The Labute approximate surface area is 118 Å². The number of carbonyl (C=O) groups is 2. The van der Waals surface area contributed by atoms with E-state index >= 15 is 0 Å². The molecule has 0 fully saturated rings. The summed E-state index contributed by atoms with van der Waals surface area (Å²) in [7, 11) is -4.56. The molecule has 0 aromatic heterocycles. The van der Waals surface area contributed by atoms with E-state index in [9.17, 15) is 22.4 Å². The van der Waals surface area contributed by atoms with Gasteiger partial charge in [0, 0.05) is 0 Å². The van der Waals surface area contributed by atoms with Crippen molar-refractivity contribution >= 4 is 33.6 Å². The number of hydrogen-bond donors (Lipinski definition) is 3. The van der Waals surface area contributed by atoms with Gasteiger partial charge in [-0.3, -0.25) is 9.59 Å². The van der Waals surface area contributed by atoms with Crippen LogP contribution >= 0.6 is 11.6 Å². The molecular weight excluding hydrogens is 317 g/mol. The molecule has 1 atom stereocenters. The van der Waals surface area contributed by atoms with Gasteiger partial charge in [-0.05, 0) is 12.1 Å². The van der Waals surface area contributed by atoms with Crippen LogP contribution in [-0.4, -0.2) is 36.6 Å². The molecule has 0 unspecified atom stereocenters. The second-order valence-corrected chi connectivity index (χ2v) is 5.75. The van der Waals surface area contributed by atoms with Gasteiger partial charge in [0.15, 0.2) is 5.82 Å². The smallest absolute Gasteiger partial charge is 0.322 e. The second kappa shape index (κ2) is 6.16. The molecule has 0 aliphatic carbocycles. The van der Waals surface area contributed by atoms with E-state index in [-0.39, 0.29) is 0 Å². The molecule has 0 heterocycles. The third-order valence-corrected chi connectivity index (χ3v) is 3.96. The first-order valence-electron chi connectivity index (χ1n) is 5.06. The fourth-order valence-corrected chi connectivity index (χ4v) is 2.82. The maximum absolute atomic E-state index is 13.6. The summed E-state index contributed by atoms with van der Waals surface area (Å²) < 4.78 is 38.9. The molecule has 1 aromatic carbocycles. The average molecular weight is 326 g/mol. The first-order chi connectivity index (χ1) is 9.15. The van der Waals surface area contributed by atoms with Crippen LogP contribution in [0.15, 0.2) is 23.1 Å². The summed E-state index contributed by atoms with van der Waals surface area (Å²) in [6.07, 6.45) is -0.989. The minimum atomic E-state index is -4.56. The SMILES string of the molecule is O=C(O)C[C@H](NS(=O)(=O)c1cccc(Cl)c1F)C(=O)O. The third kappa shape index (κ3) is 3.89. The number of sulfonamides is 1. The number of carboxylic acid groups (broad SMARTS) is 2. The molecule has 110 valence electrons. The molecule has 20 heavy (non-hydrogen) atoms. The van der Waals surface area contributed by atoms with Crippen LogP contribution in [0.5, 0.6) is 0 Å². The van der Waals surface area contributed by atoms with Crippen molar-refractivity contribution in [3.63, 3.8) is 0 Å². The van der Waals surface area contributed by atoms with Crippen molar-refractivity contribution < 1.29 is 32.6 Å². The zero-order valence-corrected chi connectivity index (χ0v) is 11.3. The average Bonchev–Trinajstić information content (AvgIpc) is 2.30. The standard InChI is InChI=1S/C10H9ClFNO6S/c11-5-2-1-3-7(9(5)12)20(18,19)13-6(10(16)17)4-8(14)15/h1-3,6,13H,4H2,(H,14,15)(H,16,17)/t6-/m0/s1. The first-order valence-corrected chi connectivity index (χ1v) is 6.92. The van der Waals surface area contributed by atoms with E-state index in [1.54, 1.807) is 4.72 Å². The lowest BCUT2D eigenvalue weighted by atomic mass is 10.2. The quantitative estimate of drug-likeness (QED) is 0.707. The fourth-order valence-electron chi connectivity index (χ4n) is 1.30. The zero-order valence-electron chi connectivity index (χ0n) is 9.71. The van der Waals surface area contributed by atoms with Gasteiger partial charge in [0.2, 0.25) is 10.0 Å². The molecule has 1 rings (SSSR count). The monoisotopic (exact) mass is 325 g/mol. The summed E-state index contributed by atoms with van der Waals surface area (Å²) in [6.45, 7) is 0. The fraction of sp³-hybridized carbons (Fsp3) is 0.200. The minimum absolute atomic E-state index is 0.460. The van der Waals surface area contributed by atoms with E-state index in [4.69, 9.17) is 21.8 Å². The summed E-state index contributed by atoms with van der Waals surface area (Å²) >= 11 is 5.43. The van der Waals surface area contributed by atoms with E-state index in [1.807, 2.05) is 0 Å². The molecule has 0 radical (unpaired) electrons. The minimum Gasteiger partial charge on any atom is -0.481 e. The van der Waals surface area contributed by atoms with Crippen LogP contribution in [-0.2, 0) is 19.6 Å². The number of carboxylic acids is 2. The van der Waals surface area contributed by atoms with Gasteiger partial charge in [-0.1, -0.05) is 17.7 Å². The normalized spacial score (nSPS) is 12.9. The van der Waals surface area contributed by atoms with E-state index in [0.29, 0.717) is 0 Å². The van der Waals surface area contributed by atoms with Crippen molar-refractivity contribution in [3.05, 3.63) is 29.0 Å². The molecule has 0 saturated carbocycles. The van der Waals surface area contributed by atoms with Gasteiger partial charge in [0.1, 0.15) is 10.9 Å². The van der Waals surface area contributed by atoms with Crippen LogP contribution in [0, 0.1) is 5.82 Å². The summed E-state index contributed by atoms with van der Waals surface area (Å²) in [4.78, 5) is 20.4. The predicted octanol–water partition coefficient (Wildman–Crippen LogP) is 0.685. The van der Waals surface area contributed by atoms with Gasteiger partial charge in [-0.15, -0.1) is 0 Å². The second-order valence-electron chi connectivity index (χ2n) is 3.66. The van der Waals surface area contributed by atoms with Crippen LogP contribution in [0.2, 0.25) is 5.02 Å². The van der Waals surface area contributed by atoms with E-state index < -0.39 is 50.2 Å². The van der Waals surface area contributed by atoms with Crippen LogP contribution in [0.4, 0.5) is 4.39 Å². The summed E-state index contributed by atoms with van der Waals surface area (Å²) in [6, 6.07) is 1.23. The molecule has 0 aliphatic heterocycles. The summed E-state index contributed by atoms with van der Waals surface area (Å²) in [5.74, 6) is -4.47. The number of halogens is 2. The first kappa shape index (κ1) is 16.3. The zero-order chi connectivity index (χ0) is 15.5. The van der Waals surface area contributed by atoms with E-state index in [0.717, 1.165) is 18.2 Å². The van der Waals surface area contributed by atoms with Gasteiger partial charge in [-0.2, -0.15) is 4.72 Å². The van der Waals surface area contributed by atoms with Crippen molar-refractivity contribution in [3.8, 4) is 0 Å². The molecule has 3 N–H and O–H groups in total. The molecule has 7 nitrogen and oxygen atoms in total. The number of hydrogen-bond acceptors (Lipinski definition) is 4. The Bertz CT molecular complexity index is 647. The van der Waals surface area contributed by atoms with Gasteiger partial charge < -0.3 is 10.2 Å². The maximum atomic E-state index is 13.6. The largest absolute Gasteiger partial charge is 0.481 e. The molecule has 1 aromatic rings. The van der Waals surface area contributed by atoms with E-state index in [2.05, 4.69) is 0 Å². The molecule has 0 amide bonds. The number of benzene rings is 1. The lowest BCUT2D eigenvalue weighted by Gasteiger charge is -2.13. The third-order valence-electron chi connectivity index (χ3n) is 2.18. The molecule has 0 spiro atoms. The van der Waals surface area contributed by atoms with Crippen molar-refractivity contribution in [2.45, 2.75) is 17.4 Å². The Balaban J connectivity index is 3.13. The highest BCUT2D eigenvalue weighted by atomic mass is 35.5. The lowest BCUT2D eigenvalue weighted by molar-refractivity contribution is -0.145. The highest BCUT2D eigenvalue weighted by Crippen LogP contribution is 2.22. The Morgan fingerprint density at radius 3 is 2.45 bits per heavy atom. The van der Waals surface area contributed by atoms with Crippen molar-refractivity contribution in [2.24, 2.45) is 0 Å². The summed E-state index contributed by atoms with van der Waals surface area (Å²) in [5, 5.41) is 16.8. The number of aliphatic carboxylic acids is 2. The van der Waals surface area contributed by atoms with Crippen molar-refractivity contribution in [1.82, 2.24) is 4.72 Å². The molecule has 0 bridgehead atoms. The van der Waals surface area contributed by atoms with Crippen LogP contribution in [0.1, 0.15) is 6.42 Å². The van der Waals surface area contributed by atoms with Crippen LogP contribution < -0.4 is 4.72 Å². The van der Waals surface area contributed by atoms with E-state index in [1.165, 1.54) is 0 Å². The highest BCUT2D eigenvalue weighted by Gasteiger charge is 2.29. The van der Waals surface area contributed by atoms with Crippen LogP contribution in [0.25, 0.3) is 0 Å². The Morgan fingerprint density at radius 1 is 1.35 bits per heavy atom. The Kier molecular flexibility index (Phi) is 5.03. The number of rotatable bonds is 6. The van der Waals surface area contributed by atoms with Gasteiger partial charge in [0.05, 0.1) is 11.4 Å². The van der Waals surface area contributed by atoms with Gasteiger partial charge >= 0.3 is 11.9 Å². The van der Waals surface area contributed by atoms with Gasteiger partial charge in [0.25, 0.3) is 0 Å². The highest BCUT2D eigenvalue weighted by molar-refractivity contribution is 7.89. The topological polar surface area (TPSA) is 121 Å². The van der Waals surface area contributed by atoms with Gasteiger partial charge in [-0.25, -0.2) is 12.8 Å². The molecule has 0 aliphatic rings. The summed E-state index contributed by atoms with van der Waals surface area (Å²) in [5.41, 5.74) is 0. The molecule has 0 saturated heterocycles. The maximum Gasteiger partial charge on any atom is 0.322 e. The lowest BCUT2D eigenvalue weighted by Crippen LogP contribution is -2.42. The van der Waals surface area contributed by atoms with Crippen LogP contribution in [0.3, 0.4) is 0 Å². The number of nitrogens with one attached hydrogen (secondary N) is 1. The molecular formula is C10H9ClFNO6S. The Morgan fingerprint density at radius 2 is 1.95 bits per heavy atom. The van der Waals surface area contributed by atoms with Crippen molar-refractivity contribution in [1.29, 1.82) is 0 Å². The Hall–Kier alpha value is -1.71. The van der Waals surface area contributed by atoms with Crippen molar-refractivity contribution in [2.75, 3.05) is 0 Å². The predicted molar refractivity (Wildman–Crippen MR) is 65.4 cm³/mol. The molecule has 10 heteroatoms.